The van der Waals surface area contributed by atoms with E-state index in [1.807, 2.05) is 0 Å². The number of carbonyl (C=O) groups is 4. The van der Waals surface area contributed by atoms with Crippen LogP contribution in [-0.4, -0.2) is 59.5 Å². The summed E-state index contributed by atoms with van der Waals surface area (Å²) < 4.78 is 5.17. The van der Waals surface area contributed by atoms with Gasteiger partial charge in [-0.3, -0.25) is 39.4 Å². The predicted octanol–water partition coefficient (Wildman–Crippen LogP) is 3.92. The number of nitrogens with zero attached hydrogens (tertiary/aromatic N) is 4. The quantitative estimate of drug-likeness (QED) is 0.160. The van der Waals surface area contributed by atoms with Gasteiger partial charge in [-0.05, 0) is 49.5 Å². The molecule has 1 N–H and O–H groups in total. The van der Waals surface area contributed by atoms with E-state index in [0.29, 0.717) is 11.1 Å². The molecule has 3 aliphatic carbocycles. The number of anilines is 2. The van der Waals surface area contributed by atoms with E-state index in [0.717, 1.165) is 17.0 Å². The first-order valence-corrected chi connectivity index (χ1v) is 14.4. The first-order chi connectivity index (χ1) is 21.8. The number of phenols is 1. The number of nitro benzene ring substituents is 2. The van der Waals surface area contributed by atoms with Crippen molar-refractivity contribution < 1.29 is 38.9 Å². The van der Waals surface area contributed by atoms with E-state index in [1.165, 1.54) is 51.2 Å². The molecule has 1 heterocycles. The zero-order chi connectivity index (χ0) is 33.4. The number of hydrogen-bond donors (Lipinski definition) is 1. The second kappa shape index (κ2) is 10.8. The van der Waals surface area contributed by atoms with Gasteiger partial charge in [-0.25, -0.2) is 4.90 Å². The molecule has 0 radical (unpaired) electrons. The maximum absolute atomic E-state index is 14.2. The average Bonchev–Trinajstić information content (AvgIpc) is 3.27. The van der Waals surface area contributed by atoms with E-state index in [4.69, 9.17) is 4.74 Å². The molecule has 0 bridgehead atoms. The molecular weight excluding hydrogens is 600 g/mol. The molecule has 0 unspecified atom stereocenters. The molecule has 236 valence electrons. The third-order valence-electron chi connectivity index (χ3n) is 9.25. The van der Waals surface area contributed by atoms with Crippen molar-refractivity contribution in [1.82, 2.24) is 0 Å². The van der Waals surface area contributed by atoms with Crippen LogP contribution in [0.3, 0.4) is 0 Å². The van der Waals surface area contributed by atoms with Crippen LogP contribution < -0.4 is 14.5 Å². The highest BCUT2D eigenvalue weighted by molar-refractivity contribution is 6.25. The van der Waals surface area contributed by atoms with E-state index >= 15 is 0 Å². The number of methoxy groups -OCH3 is 1. The Morgan fingerprint density at radius 2 is 1.63 bits per heavy atom. The lowest BCUT2D eigenvalue weighted by Gasteiger charge is -2.42. The van der Waals surface area contributed by atoms with Crippen molar-refractivity contribution >= 4 is 46.1 Å². The Hall–Kier alpha value is -5.66. The fourth-order valence-corrected chi connectivity index (χ4v) is 7.36. The molecule has 0 saturated carbocycles. The fourth-order valence-electron chi connectivity index (χ4n) is 7.36. The number of carbonyl (C=O) groups excluding carboxylic acids is 4. The number of aromatic hydroxyl groups is 1. The molecule has 4 atom stereocenters. The zero-order valence-electron chi connectivity index (χ0n) is 25.2. The smallest absolute Gasteiger partial charge is 0.301 e. The summed E-state index contributed by atoms with van der Waals surface area (Å²) in [6, 6.07) is 6.58. The van der Waals surface area contributed by atoms with Crippen LogP contribution in [0.2, 0.25) is 0 Å². The van der Waals surface area contributed by atoms with Crippen LogP contribution in [0.5, 0.6) is 11.5 Å². The highest BCUT2D eigenvalue weighted by Gasteiger charge is 2.57. The van der Waals surface area contributed by atoms with Crippen LogP contribution in [0.1, 0.15) is 31.2 Å². The summed E-state index contributed by atoms with van der Waals surface area (Å²) in [6.45, 7) is 1.52. The molecular formula is C32H28N4O10. The second-order valence-corrected chi connectivity index (χ2v) is 11.9. The van der Waals surface area contributed by atoms with Gasteiger partial charge in [0.1, 0.15) is 0 Å². The normalized spacial score (nSPS) is 23.8. The van der Waals surface area contributed by atoms with Gasteiger partial charge >= 0.3 is 11.4 Å². The molecule has 4 aliphatic rings. The number of hydrogen-bond acceptors (Lipinski definition) is 11. The number of ketones is 2. The molecule has 1 fully saturated rings. The molecule has 0 spiro atoms. The second-order valence-electron chi connectivity index (χ2n) is 11.9. The number of nitro groups is 2. The average molecular weight is 629 g/mol. The monoisotopic (exact) mass is 628 g/mol. The highest BCUT2D eigenvalue weighted by Crippen LogP contribution is 2.56. The van der Waals surface area contributed by atoms with E-state index in [9.17, 15) is 44.5 Å². The minimum atomic E-state index is -1.02. The number of ether oxygens (including phenoxy) is 1. The Morgan fingerprint density at radius 1 is 0.978 bits per heavy atom. The number of rotatable bonds is 6. The Labute approximate surface area is 261 Å². The third kappa shape index (κ3) is 4.39. The maximum atomic E-state index is 14.2. The first kappa shape index (κ1) is 30.4. The molecule has 2 aromatic rings. The molecule has 2 aromatic carbocycles. The summed E-state index contributed by atoms with van der Waals surface area (Å²) in [4.78, 5) is 79.3. The fraction of sp³-hybridized carbons (Fsp3) is 0.312. The molecule has 0 aromatic heterocycles. The zero-order valence-corrected chi connectivity index (χ0v) is 25.2. The van der Waals surface area contributed by atoms with E-state index < -0.39 is 56.7 Å². The van der Waals surface area contributed by atoms with Crippen molar-refractivity contribution in [3.8, 4) is 11.5 Å². The van der Waals surface area contributed by atoms with Gasteiger partial charge in [0, 0.05) is 48.9 Å². The number of amides is 2. The van der Waals surface area contributed by atoms with Gasteiger partial charge in [0.05, 0.1) is 34.5 Å². The summed E-state index contributed by atoms with van der Waals surface area (Å²) in [5, 5.41) is 34.6. The predicted molar refractivity (Wildman–Crippen MR) is 163 cm³/mol. The summed E-state index contributed by atoms with van der Waals surface area (Å²) >= 11 is 0. The van der Waals surface area contributed by atoms with Crippen LogP contribution >= 0.6 is 0 Å². The molecule has 2 amide bonds. The van der Waals surface area contributed by atoms with Crippen molar-refractivity contribution in [2.75, 3.05) is 31.0 Å². The van der Waals surface area contributed by atoms with Crippen molar-refractivity contribution in [2.24, 2.45) is 17.8 Å². The number of allylic oxidation sites excluding steroid dienone is 6. The minimum absolute atomic E-state index is 0.0105. The van der Waals surface area contributed by atoms with Crippen LogP contribution in [0, 0.1) is 38.0 Å². The van der Waals surface area contributed by atoms with E-state index in [1.54, 1.807) is 12.1 Å². The molecule has 14 nitrogen and oxygen atoms in total. The molecule has 1 saturated heterocycles. The molecule has 14 heteroatoms. The van der Waals surface area contributed by atoms with Crippen molar-refractivity contribution in [3.05, 3.63) is 90.6 Å². The highest BCUT2D eigenvalue weighted by atomic mass is 16.6. The largest absolute Gasteiger partial charge is 0.504 e. The number of phenolic OH excluding ortho intramolecular Hbond substituents is 1. The van der Waals surface area contributed by atoms with Gasteiger partial charge in [-0.15, -0.1) is 0 Å². The Balaban J connectivity index is 1.49. The lowest BCUT2D eigenvalue weighted by molar-refractivity contribution is -0.392. The summed E-state index contributed by atoms with van der Waals surface area (Å²) in [7, 11) is 4.20. The molecule has 6 rings (SSSR count). The lowest BCUT2D eigenvalue weighted by atomic mass is 9.59. The molecule has 46 heavy (non-hydrogen) atoms. The van der Waals surface area contributed by atoms with Crippen LogP contribution in [0.4, 0.5) is 22.7 Å². The lowest BCUT2D eigenvalue weighted by Crippen LogP contribution is -2.39. The number of imide groups is 1. The Morgan fingerprint density at radius 3 is 2.20 bits per heavy atom. The summed E-state index contributed by atoms with van der Waals surface area (Å²) in [5.41, 5.74) is -0.0992. The Kier molecular flexibility index (Phi) is 7.10. The number of benzene rings is 2. The Bertz CT molecular complexity index is 1870. The van der Waals surface area contributed by atoms with Gasteiger partial charge in [0.15, 0.2) is 28.8 Å². The summed E-state index contributed by atoms with van der Waals surface area (Å²) in [5.74, 6) is -5.58. The third-order valence-corrected chi connectivity index (χ3v) is 9.25. The van der Waals surface area contributed by atoms with Crippen molar-refractivity contribution in [1.29, 1.82) is 0 Å². The van der Waals surface area contributed by atoms with Crippen LogP contribution in [-0.2, 0) is 19.2 Å². The van der Waals surface area contributed by atoms with Crippen LogP contribution in [0.15, 0.2) is 64.8 Å². The van der Waals surface area contributed by atoms with E-state index in [2.05, 4.69) is 0 Å². The SMILES string of the molecule is COc1ccc([C@H]2C3=CC[C@@H]4C(=O)N(c5cc([N+](=O)[O-])c(N(C)C)c([N+](=O)[O-])c5)C(=O)[C@@H]4[C@@H]3CC3=C2C(=O)C=C(C)C3=O)cc1O. The van der Waals surface area contributed by atoms with Crippen LogP contribution in [0.25, 0.3) is 0 Å². The van der Waals surface area contributed by atoms with Gasteiger partial charge in [-0.2, -0.15) is 0 Å². The van der Waals surface area contributed by atoms with Gasteiger partial charge in [0.2, 0.25) is 11.8 Å². The topological polar surface area (TPSA) is 190 Å². The van der Waals surface area contributed by atoms with E-state index in [-0.39, 0.29) is 64.0 Å². The standard InChI is InChI=1S/C32H28N4O10/c1-14-9-24(38)28-20(30(14)39)13-19-17(26(28)15-5-8-25(46-4)23(37)10-15)6-7-18-27(19)32(41)34(31(18)40)16-11-21(35(42)43)29(33(2)3)22(12-16)36(44)45/h5-6,8-12,18-19,26-27,37H,7,13H2,1-4H3/t18-,19+,26-,27-/m0/s1. The number of Topliss-reactive ketones (excluding diaryl/α,β-unsaturated/α-hetero) is 1. The van der Waals surface area contributed by atoms with Gasteiger partial charge in [-0.1, -0.05) is 17.7 Å². The number of fused-ring (bicyclic) bond motifs is 3. The molecule has 1 aliphatic heterocycles. The van der Waals surface area contributed by atoms with Crippen molar-refractivity contribution in [2.45, 2.75) is 25.7 Å². The minimum Gasteiger partial charge on any atom is -0.504 e. The summed E-state index contributed by atoms with van der Waals surface area (Å²) in [6.07, 6.45) is 3.12. The van der Waals surface area contributed by atoms with Gasteiger partial charge < -0.3 is 14.7 Å². The van der Waals surface area contributed by atoms with Gasteiger partial charge in [0.25, 0.3) is 0 Å². The van der Waals surface area contributed by atoms with Crippen molar-refractivity contribution in [3.63, 3.8) is 0 Å². The first-order valence-electron chi connectivity index (χ1n) is 14.4. The maximum Gasteiger partial charge on any atom is 0.301 e.